The molecule has 0 unspecified atom stereocenters. The molecule has 14 heavy (non-hydrogen) atoms. The van der Waals surface area contributed by atoms with Crippen LogP contribution in [0.1, 0.15) is 13.3 Å². The van der Waals surface area contributed by atoms with Gasteiger partial charge in [0.25, 0.3) is 0 Å². The number of rotatable bonds is 3. The van der Waals surface area contributed by atoms with Crippen molar-refractivity contribution in [3.63, 3.8) is 0 Å². The summed E-state index contributed by atoms with van der Waals surface area (Å²) >= 11 is 1.73. The Morgan fingerprint density at radius 2 is 2.07 bits per heavy atom. The molecule has 74 valence electrons. The van der Waals surface area contributed by atoms with E-state index in [0.29, 0.717) is 0 Å². The molecule has 0 saturated carbocycles. The van der Waals surface area contributed by atoms with Crippen LogP contribution in [0.25, 0.3) is 0 Å². The molecule has 3 heteroatoms. The normalized spacial score (nSPS) is 25.4. The minimum atomic E-state index is 0.195. The number of β-lactam (4-membered cyclic amide) rings is 1. The summed E-state index contributed by atoms with van der Waals surface area (Å²) in [4.78, 5) is 12.4. The number of amides is 1. The van der Waals surface area contributed by atoms with Gasteiger partial charge in [-0.3, -0.25) is 4.79 Å². The molecule has 1 aromatic carbocycles. The van der Waals surface area contributed by atoms with Crippen LogP contribution >= 0.6 is 11.8 Å². The monoisotopic (exact) mass is 207 g/mol. The minimum Gasteiger partial charge on any atom is -0.343 e. The second-order valence-electron chi connectivity index (χ2n) is 3.37. The van der Waals surface area contributed by atoms with Gasteiger partial charge in [0.1, 0.15) is 0 Å². The quantitative estimate of drug-likeness (QED) is 0.770. The van der Waals surface area contributed by atoms with Crippen LogP contribution in [0, 0.1) is 5.92 Å². The third-order valence-corrected chi connectivity index (χ3v) is 3.68. The van der Waals surface area contributed by atoms with Gasteiger partial charge in [0, 0.05) is 4.90 Å². The predicted molar refractivity (Wildman–Crippen MR) is 58.0 cm³/mol. The molecule has 0 aromatic heterocycles. The van der Waals surface area contributed by atoms with Crippen molar-refractivity contribution in [2.75, 3.05) is 0 Å². The van der Waals surface area contributed by atoms with Crippen LogP contribution in [-0.2, 0) is 4.79 Å². The Hall–Kier alpha value is -0.960. The van der Waals surface area contributed by atoms with Crippen LogP contribution < -0.4 is 5.32 Å². The van der Waals surface area contributed by atoms with E-state index in [1.54, 1.807) is 11.8 Å². The molecule has 1 N–H and O–H groups in total. The summed E-state index contributed by atoms with van der Waals surface area (Å²) < 4.78 is 0. The molecule has 1 fully saturated rings. The Balaban J connectivity index is 1.97. The lowest BCUT2D eigenvalue weighted by atomic mass is 9.99. The molecule has 0 aliphatic carbocycles. The average Bonchev–Trinajstić information content (AvgIpc) is 2.19. The summed E-state index contributed by atoms with van der Waals surface area (Å²) in [6.45, 7) is 2.06. The molecule has 1 heterocycles. The lowest BCUT2D eigenvalue weighted by Gasteiger charge is -2.35. The summed E-state index contributed by atoms with van der Waals surface area (Å²) in [5.74, 6) is 0.390. The van der Waals surface area contributed by atoms with Gasteiger partial charge in [-0.1, -0.05) is 25.1 Å². The van der Waals surface area contributed by atoms with E-state index in [-0.39, 0.29) is 17.2 Å². The second kappa shape index (κ2) is 4.05. The molecule has 1 aliphatic heterocycles. The minimum absolute atomic E-state index is 0.195. The number of thioether (sulfide) groups is 1. The Morgan fingerprint density at radius 3 is 2.64 bits per heavy atom. The number of carbonyl (C=O) groups excluding carboxylic acids is 1. The number of benzene rings is 1. The zero-order valence-corrected chi connectivity index (χ0v) is 8.88. The maximum Gasteiger partial charge on any atom is 0.226 e. The Labute approximate surface area is 88.1 Å². The molecular weight excluding hydrogens is 194 g/mol. The van der Waals surface area contributed by atoms with Gasteiger partial charge in [-0.05, 0) is 18.6 Å². The maximum atomic E-state index is 11.1. The zero-order valence-electron chi connectivity index (χ0n) is 8.07. The molecular formula is C11H13NOS. The third-order valence-electron chi connectivity index (χ3n) is 2.43. The summed E-state index contributed by atoms with van der Waals surface area (Å²) in [6.07, 6.45) is 0.927. The highest BCUT2D eigenvalue weighted by atomic mass is 32.2. The van der Waals surface area contributed by atoms with Crippen molar-refractivity contribution in [1.82, 2.24) is 5.32 Å². The fraction of sp³-hybridized carbons (Fsp3) is 0.364. The molecule has 2 rings (SSSR count). The van der Waals surface area contributed by atoms with Crippen LogP contribution in [0.3, 0.4) is 0 Å². The summed E-state index contributed by atoms with van der Waals surface area (Å²) in [7, 11) is 0. The zero-order chi connectivity index (χ0) is 9.97. The van der Waals surface area contributed by atoms with Crippen molar-refractivity contribution < 1.29 is 4.79 Å². The summed E-state index contributed by atoms with van der Waals surface area (Å²) in [5, 5.41) is 3.19. The van der Waals surface area contributed by atoms with Crippen LogP contribution in [0.4, 0.5) is 0 Å². The highest BCUT2D eigenvalue weighted by Crippen LogP contribution is 2.33. The van der Waals surface area contributed by atoms with E-state index in [1.165, 1.54) is 4.90 Å². The molecule has 1 aliphatic rings. The van der Waals surface area contributed by atoms with Crippen LogP contribution in [-0.4, -0.2) is 11.3 Å². The molecule has 1 saturated heterocycles. The Morgan fingerprint density at radius 1 is 1.36 bits per heavy atom. The fourth-order valence-electron chi connectivity index (χ4n) is 1.55. The summed E-state index contributed by atoms with van der Waals surface area (Å²) in [5.41, 5.74) is 0. The lowest BCUT2D eigenvalue weighted by Crippen LogP contribution is -2.55. The Kier molecular flexibility index (Phi) is 2.77. The van der Waals surface area contributed by atoms with Crippen molar-refractivity contribution >= 4 is 17.7 Å². The number of nitrogens with one attached hydrogen (secondary N) is 1. The highest BCUT2D eigenvalue weighted by Gasteiger charge is 2.38. The van der Waals surface area contributed by atoms with Gasteiger partial charge in [0.15, 0.2) is 0 Å². The highest BCUT2D eigenvalue weighted by molar-refractivity contribution is 8.00. The topological polar surface area (TPSA) is 29.1 Å². The van der Waals surface area contributed by atoms with E-state index in [0.717, 1.165) is 6.42 Å². The lowest BCUT2D eigenvalue weighted by molar-refractivity contribution is -0.132. The molecule has 2 atom stereocenters. The molecule has 1 amide bonds. The number of carbonyl (C=O) groups is 1. The van der Waals surface area contributed by atoms with Gasteiger partial charge >= 0.3 is 0 Å². The first kappa shape index (κ1) is 9.59. The van der Waals surface area contributed by atoms with Gasteiger partial charge in [0.2, 0.25) is 5.91 Å². The standard InChI is InChI=1S/C11H13NOS/c1-2-9-10(13)12-11(9)14-8-6-4-3-5-7-8/h3-7,9,11H,2H2,1H3,(H,12,13)/t9-,11+/m0/s1. The largest absolute Gasteiger partial charge is 0.343 e. The predicted octanol–water partition coefficient (Wildman–Crippen LogP) is 2.26. The molecule has 2 nitrogen and oxygen atoms in total. The van der Waals surface area contributed by atoms with Crippen molar-refractivity contribution in [2.24, 2.45) is 5.92 Å². The number of hydrogen-bond donors (Lipinski definition) is 1. The second-order valence-corrected chi connectivity index (χ2v) is 4.59. The van der Waals surface area contributed by atoms with Crippen LogP contribution in [0.15, 0.2) is 35.2 Å². The van der Waals surface area contributed by atoms with E-state index in [1.807, 2.05) is 18.2 Å². The van der Waals surface area contributed by atoms with E-state index < -0.39 is 0 Å². The van der Waals surface area contributed by atoms with Gasteiger partial charge < -0.3 is 5.32 Å². The van der Waals surface area contributed by atoms with Crippen molar-refractivity contribution in [3.05, 3.63) is 30.3 Å². The first-order valence-electron chi connectivity index (χ1n) is 4.83. The van der Waals surface area contributed by atoms with Crippen LogP contribution in [0.2, 0.25) is 0 Å². The number of hydrogen-bond acceptors (Lipinski definition) is 2. The fourth-order valence-corrected chi connectivity index (χ4v) is 2.81. The van der Waals surface area contributed by atoms with E-state index in [4.69, 9.17) is 0 Å². The van der Waals surface area contributed by atoms with E-state index >= 15 is 0 Å². The van der Waals surface area contributed by atoms with Crippen molar-refractivity contribution in [1.29, 1.82) is 0 Å². The van der Waals surface area contributed by atoms with Gasteiger partial charge in [0.05, 0.1) is 11.3 Å². The first-order chi connectivity index (χ1) is 6.81. The van der Waals surface area contributed by atoms with Crippen molar-refractivity contribution in [3.8, 4) is 0 Å². The SMILES string of the molecule is CC[C@H]1C(=O)N[C@@H]1Sc1ccccc1. The van der Waals surface area contributed by atoms with Crippen molar-refractivity contribution in [2.45, 2.75) is 23.6 Å². The Bertz CT molecular complexity index is 325. The summed E-state index contributed by atoms with van der Waals surface area (Å²) in [6, 6.07) is 10.2. The first-order valence-corrected chi connectivity index (χ1v) is 5.71. The maximum absolute atomic E-state index is 11.1. The molecule has 1 aromatic rings. The smallest absolute Gasteiger partial charge is 0.226 e. The van der Waals surface area contributed by atoms with E-state index in [2.05, 4.69) is 24.4 Å². The van der Waals surface area contributed by atoms with Gasteiger partial charge in [-0.15, -0.1) is 11.8 Å². The van der Waals surface area contributed by atoms with Gasteiger partial charge in [-0.2, -0.15) is 0 Å². The van der Waals surface area contributed by atoms with Crippen LogP contribution in [0.5, 0.6) is 0 Å². The van der Waals surface area contributed by atoms with E-state index in [9.17, 15) is 4.79 Å². The molecule has 0 radical (unpaired) electrons. The average molecular weight is 207 g/mol. The third kappa shape index (κ3) is 1.77. The molecule has 0 bridgehead atoms. The van der Waals surface area contributed by atoms with Gasteiger partial charge in [-0.25, -0.2) is 0 Å². The molecule has 0 spiro atoms.